The van der Waals surface area contributed by atoms with Crippen molar-refractivity contribution >= 4 is 45.9 Å². The maximum atomic E-state index is 14.3. The van der Waals surface area contributed by atoms with Gasteiger partial charge in [-0.1, -0.05) is 58.0 Å². The molecule has 7 atom stereocenters. The maximum Gasteiger partial charge on any atom is 0.248 e. The van der Waals surface area contributed by atoms with Gasteiger partial charge in [-0.25, -0.2) is 0 Å². The van der Waals surface area contributed by atoms with Gasteiger partial charge in [-0.2, -0.15) is 0 Å². The first kappa shape index (κ1) is 27.0. The first-order valence-electron chi connectivity index (χ1n) is 13.9. The summed E-state index contributed by atoms with van der Waals surface area (Å²) in [4.78, 5) is 43.5. The lowest BCUT2D eigenvalue weighted by molar-refractivity contribution is -0.142. The molecule has 2 bridgehead atoms. The number of hydrogen-bond acceptors (Lipinski definition) is 5. The molecule has 3 unspecified atom stereocenters. The summed E-state index contributed by atoms with van der Waals surface area (Å²) in [6, 6.07) is 12.5. The van der Waals surface area contributed by atoms with Crippen molar-refractivity contribution in [3.8, 4) is 0 Å². The van der Waals surface area contributed by atoms with Gasteiger partial charge in [0.1, 0.15) is 6.04 Å². The average molecular weight is 538 g/mol. The molecule has 3 fully saturated rings. The molecule has 5 rings (SSSR count). The molecule has 204 valence electrons. The third-order valence-electron chi connectivity index (χ3n) is 8.65. The molecule has 2 aromatic rings. The summed E-state index contributed by atoms with van der Waals surface area (Å²) in [6.45, 7) is 8.57. The third kappa shape index (κ3) is 4.30. The van der Waals surface area contributed by atoms with Crippen molar-refractivity contribution < 1.29 is 19.5 Å². The SMILES string of the molecule is CCCNC(=O)[C@@H]1[C@@H]2CC(C)C3(S2)C(C(=O)Nc2ccc4ccccc4c2)N([C@@H](CO)CC(C)C)C(=O)[C@H]13. The number of hydrogen-bond donors (Lipinski definition) is 3. The molecule has 3 heterocycles. The molecular formula is C30H39N3O4S. The highest BCUT2D eigenvalue weighted by molar-refractivity contribution is 8.02. The van der Waals surface area contributed by atoms with Gasteiger partial charge in [0, 0.05) is 17.5 Å². The van der Waals surface area contributed by atoms with Crippen molar-refractivity contribution in [1.82, 2.24) is 10.2 Å². The van der Waals surface area contributed by atoms with Crippen molar-refractivity contribution in [1.29, 1.82) is 0 Å². The number of anilines is 1. The number of thioether (sulfide) groups is 1. The van der Waals surface area contributed by atoms with Gasteiger partial charge in [0.15, 0.2) is 0 Å². The highest BCUT2D eigenvalue weighted by atomic mass is 32.2. The van der Waals surface area contributed by atoms with E-state index in [1.54, 1.807) is 16.7 Å². The van der Waals surface area contributed by atoms with E-state index < -0.39 is 28.7 Å². The Kier molecular flexibility index (Phi) is 7.48. The fourth-order valence-corrected chi connectivity index (χ4v) is 9.52. The number of aliphatic hydroxyl groups is 1. The van der Waals surface area contributed by atoms with Crippen molar-refractivity contribution in [3.63, 3.8) is 0 Å². The Labute approximate surface area is 229 Å². The molecule has 7 nitrogen and oxygen atoms in total. The van der Waals surface area contributed by atoms with Gasteiger partial charge in [-0.15, -0.1) is 11.8 Å². The predicted octanol–water partition coefficient (Wildman–Crippen LogP) is 4.05. The molecule has 0 aromatic heterocycles. The summed E-state index contributed by atoms with van der Waals surface area (Å²) < 4.78 is -0.707. The van der Waals surface area contributed by atoms with E-state index in [-0.39, 0.29) is 41.4 Å². The van der Waals surface area contributed by atoms with E-state index >= 15 is 0 Å². The number of fused-ring (bicyclic) bond motifs is 2. The minimum Gasteiger partial charge on any atom is -0.394 e. The standard InChI is InChI=1S/C30H39N3O4S/c1-5-12-31-27(35)24-23-14-18(4)30(38-23)25(24)29(37)33(22(16-34)13-17(2)3)26(30)28(36)32-21-11-10-19-8-6-7-9-20(19)15-21/h6-11,15,17-18,22-26,34H,5,12-14,16H2,1-4H3,(H,31,35)(H,32,36)/t18?,22-,23+,24-,25+,26?,30?/m1/s1. The molecule has 38 heavy (non-hydrogen) atoms. The average Bonchev–Trinajstić information content (AvgIpc) is 3.49. The Hall–Kier alpha value is -2.58. The molecule has 3 amide bonds. The van der Waals surface area contributed by atoms with E-state index in [2.05, 4.69) is 31.4 Å². The number of carbonyl (C=O) groups is 3. The maximum absolute atomic E-state index is 14.3. The van der Waals surface area contributed by atoms with Crippen molar-refractivity contribution in [2.75, 3.05) is 18.5 Å². The summed E-state index contributed by atoms with van der Waals surface area (Å²) >= 11 is 1.67. The minimum atomic E-state index is -0.767. The zero-order valence-corrected chi connectivity index (χ0v) is 23.5. The predicted molar refractivity (Wildman–Crippen MR) is 152 cm³/mol. The number of likely N-dealkylation sites (tertiary alicyclic amines) is 1. The van der Waals surface area contributed by atoms with Crippen LogP contribution in [0.25, 0.3) is 10.8 Å². The van der Waals surface area contributed by atoms with Crippen LogP contribution in [0.5, 0.6) is 0 Å². The largest absolute Gasteiger partial charge is 0.394 e. The van der Waals surface area contributed by atoms with Crippen LogP contribution in [-0.4, -0.2) is 63.0 Å². The second-order valence-electron chi connectivity index (χ2n) is 11.6. The van der Waals surface area contributed by atoms with Gasteiger partial charge in [0.05, 0.1) is 29.2 Å². The van der Waals surface area contributed by atoms with Crippen LogP contribution < -0.4 is 10.6 Å². The highest BCUT2D eigenvalue weighted by Crippen LogP contribution is 2.68. The normalized spacial score (nSPS) is 30.6. The molecule has 3 aliphatic heterocycles. The topological polar surface area (TPSA) is 98.7 Å². The van der Waals surface area contributed by atoms with Crippen LogP contribution in [0.2, 0.25) is 0 Å². The van der Waals surface area contributed by atoms with Crippen molar-refractivity contribution in [2.45, 2.75) is 69.0 Å². The number of carbonyl (C=O) groups excluding carboxylic acids is 3. The van der Waals surface area contributed by atoms with Gasteiger partial charge in [0.25, 0.3) is 0 Å². The Bertz CT molecular complexity index is 1230. The number of aliphatic hydroxyl groups excluding tert-OH is 1. The first-order valence-corrected chi connectivity index (χ1v) is 14.8. The molecule has 3 N–H and O–H groups in total. The van der Waals surface area contributed by atoms with Crippen molar-refractivity contribution in [3.05, 3.63) is 42.5 Å². The van der Waals surface area contributed by atoms with Gasteiger partial charge in [0.2, 0.25) is 17.7 Å². The Balaban J connectivity index is 1.55. The van der Waals surface area contributed by atoms with Crippen LogP contribution in [0, 0.1) is 23.7 Å². The number of nitrogens with zero attached hydrogens (tertiary/aromatic N) is 1. The summed E-state index contributed by atoms with van der Waals surface area (Å²) in [6.07, 6.45) is 2.19. The van der Waals surface area contributed by atoms with Gasteiger partial charge >= 0.3 is 0 Å². The lowest BCUT2D eigenvalue weighted by Gasteiger charge is -2.40. The number of rotatable bonds is 9. The molecule has 8 heteroatoms. The van der Waals surface area contributed by atoms with E-state index in [4.69, 9.17) is 0 Å². The summed E-state index contributed by atoms with van der Waals surface area (Å²) in [7, 11) is 0. The third-order valence-corrected chi connectivity index (χ3v) is 10.7. The fraction of sp³-hybridized carbons (Fsp3) is 0.567. The van der Waals surface area contributed by atoms with Crippen LogP contribution in [-0.2, 0) is 14.4 Å². The molecule has 1 spiro atoms. The molecule has 0 radical (unpaired) electrons. The molecule has 0 saturated carbocycles. The Morgan fingerprint density at radius 3 is 2.58 bits per heavy atom. The Morgan fingerprint density at radius 2 is 1.89 bits per heavy atom. The first-order chi connectivity index (χ1) is 18.2. The minimum absolute atomic E-state index is 0.00611. The van der Waals surface area contributed by atoms with Crippen molar-refractivity contribution in [2.24, 2.45) is 23.7 Å². The van der Waals surface area contributed by atoms with Gasteiger partial charge in [-0.3, -0.25) is 14.4 Å². The molecule has 3 saturated heterocycles. The number of benzene rings is 2. The van der Waals surface area contributed by atoms with E-state index in [1.807, 2.05) is 49.4 Å². The summed E-state index contributed by atoms with van der Waals surface area (Å²) in [5.74, 6) is -1.23. The monoisotopic (exact) mass is 537 g/mol. The number of nitrogens with one attached hydrogen (secondary N) is 2. The quantitative estimate of drug-likeness (QED) is 0.448. The number of amides is 3. The lowest BCUT2D eigenvalue weighted by Crippen LogP contribution is -2.57. The van der Waals surface area contributed by atoms with E-state index in [9.17, 15) is 19.5 Å². The van der Waals surface area contributed by atoms with Crippen LogP contribution in [0.15, 0.2) is 42.5 Å². The second-order valence-corrected chi connectivity index (χ2v) is 13.2. The van der Waals surface area contributed by atoms with Gasteiger partial charge < -0.3 is 20.6 Å². The van der Waals surface area contributed by atoms with E-state index in [0.717, 1.165) is 23.6 Å². The molecule has 0 aliphatic carbocycles. The molecular weight excluding hydrogens is 498 g/mol. The van der Waals surface area contributed by atoms with E-state index in [0.29, 0.717) is 18.7 Å². The smallest absolute Gasteiger partial charge is 0.248 e. The van der Waals surface area contributed by atoms with Crippen LogP contribution in [0.4, 0.5) is 5.69 Å². The summed E-state index contributed by atoms with van der Waals surface area (Å²) in [5.41, 5.74) is 0.674. The Morgan fingerprint density at radius 1 is 1.16 bits per heavy atom. The molecule has 3 aliphatic rings. The lowest BCUT2D eigenvalue weighted by atomic mass is 9.66. The zero-order valence-electron chi connectivity index (χ0n) is 22.6. The van der Waals surface area contributed by atoms with Crippen LogP contribution in [0.1, 0.15) is 47.0 Å². The van der Waals surface area contributed by atoms with E-state index in [1.165, 1.54) is 0 Å². The second kappa shape index (κ2) is 10.5. The zero-order chi connectivity index (χ0) is 27.2. The van der Waals surface area contributed by atoms with Crippen LogP contribution >= 0.6 is 11.8 Å². The van der Waals surface area contributed by atoms with Crippen LogP contribution in [0.3, 0.4) is 0 Å². The summed E-state index contributed by atoms with van der Waals surface area (Å²) in [5, 5.41) is 18.7. The fourth-order valence-electron chi connectivity index (χ4n) is 7.12. The molecule has 2 aromatic carbocycles. The highest BCUT2D eigenvalue weighted by Gasteiger charge is 2.76. The van der Waals surface area contributed by atoms with Gasteiger partial charge in [-0.05, 0) is 54.0 Å².